The van der Waals surface area contributed by atoms with E-state index in [1.54, 1.807) is 0 Å². The molecule has 9 heteroatoms. The molecule has 0 amide bonds. The van der Waals surface area contributed by atoms with E-state index in [0.717, 1.165) is 24.3 Å². The molecule has 0 spiro atoms. The summed E-state index contributed by atoms with van der Waals surface area (Å²) in [5.74, 6) is -1.79. The fourth-order valence-electron chi connectivity index (χ4n) is 1.38. The zero-order valence-electron chi connectivity index (χ0n) is 9.76. The van der Waals surface area contributed by atoms with Crippen LogP contribution in [0, 0.1) is 0 Å². The van der Waals surface area contributed by atoms with Crippen molar-refractivity contribution >= 4 is 5.97 Å². The SMILES string of the molecule is NC(C(=O)O)c1nnc(-c2ccc(C(F)(F)F)cc2)o1. The number of aromatic nitrogens is 2. The van der Waals surface area contributed by atoms with Crippen LogP contribution in [-0.4, -0.2) is 21.3 Å². The molecule has 106 valence electrons. The summed E-state index contributed by atoms with van der Waals surface area (Å²) >= 11 is 0. The molecule has 1 aromatic carbocycles. The van der Waals surface area contributed by atoms with Crippen molar-refractivity contribution in [3.63, 3.8) is 0 Å². The fraction of sp³-hybridized carbons (Fsp3) is 0.182. The predicted octanol–water partition coefficient (Wildman–Crippen LogP) is 1.84. The molecule has 0 aliphatic rings. The minimum Gasteiger partial charge on any atom is -0.480 e. The van der Waals surface area contributed by atoms with Gasteiger partial charge in [-0.25, -0.2) is 4.79 Å². The number of rotatable bonds is 3. The molecule has 1 heterocycles. The number of hydrogen-bond donors (Lipinski definition) is 2. The zero-order valence-corrected chi connectivity index (χ0v) is 9.76. The number of halogens is 3. The van der Waals surface area contributed by atoms with Crippen LogP contribution in [-0.2, 0) is 11.0 Å². The standard InChI is InChI=1S/C11H8F3N3O3/c12-11(13,14)6-3-1-5(2-4-6)8-16-17-9(20-8)7(15)10(18)19/h1-4,7H,15H2,(H,18,19). The maximum atomic E-state index is 12.4. The van der Waals surface area contributed by atoms with Gasteiger partial charge in [0.1, 0.15) is 0 Å². The van der Waals surface area contributed by atoms with E-state index < -0.39 is 23.8 Å². The van der Waals surface area contributed by atoms with Gasteiger partial charge in [0.2, 0.25) is 11.8 Å². The topological polar surface area (TPSA) is 102 Å². The number of benzene rings is 1. The first-order valence-electron chi connectivity index (χ1n) is 5.28. The Hall–Kier alpha value is -2.42. The highest BCUT2D eigenvalue weighted by atomic mass is 19.4. The van der Waals surface area contributed by atoms with Crippen LogP contribution in [0.15, 0.2) is 28.7 Å². The Morgan fingerprint density at radius 1 is 1.25 bits per heavy atom. The van der Waals surface area contributed by atoms with E-state index in [-0.39, 0.29) is 17.3 Å². The van der Waals surface area contributed by atoms with Crippen molar-refractivity contribution in [3.05, 3.63) is 35.7 Å². The first-order valence-corrected chi connectivity index (χ1v) is 5.28. The smallest absolute Gasteiger partial charge is 0.416 e. The van der Waals surface area contributed by atoms with Crippen molar-refractivity contribution in [2.75, 3.05) is 0 Å². The molecule has 1 aromatic heterocycles. The third-order valence-corrected chi connectivity index (χ3v) is 2.43. The summed E-state index contributed by atoms with van der Waals surface area (Å²) in [6.45, 7) is 0. The molecule has 0 radical (unpaired) electrons. The van der Waals surface area contributed by atoms with Crippen LogP contribution in [0.2, 0.25) is 0 Å². The molecule has 0 saturated carbocycles. The lowest BCUT2D eigenvalue weighted by molar-refractivity contribution is -0.139. The van der Waals surface area contributed by atoms with Gasteiger partial charge in [0.25, 0.3) is 0 Å². The first kappa shape index (κ1) is 14.0. The molecule has 3 N–H and O–H groups in total. The van der Waals surface area contributed by atoms with E-state index in [1.165, 1.54) is 0 Å². The minimum absolute atomic E-state index is 0.106. The molecule has 2 rings (SSSR count). The predicted molar refractivity (Wildman–Crippen MR) is 59.3 cm³/mol. The molecule has 0 saturated heterocycles. The number of nitrogens with two attached hydrogens (primary N) is 1. The van der Waals surface area contributed by atoms with E-state index in [2.05, 4.69) is 10.2 Å². The lowest BCUT2D eigenvalue weighted by atomic mass is 10.1. The van der Waals surface area contributed by atoms with Crippen molar-refractivity contribution in [1.29, 1.82) is 0 Å². The van der Waals surface area contributed by atoms with Crippen molar-refractivity contribution in [3.8, 4) is 11.5 Å². The van der Waals surface area contributed by atoms with Crippen molar-refractivity contribution < 1.29 is 27.5 Å². The van der Waals surface area contributed by atoms with Crippen molar-refractivity contribution in [1.82, 2.24) is 10.2 Å². The number of carboxylic acid groups (broad SMARTS) is 1. The van der Waals surface area contributed by atoms with Crippen LogP contribution < -0.4 is 5.73 Å². The summed E-state index contributed by atoms with van der Waals surface area (Å²) in [5.41, 5.74) is 4.68. The molecule has 0 aliphatic heterocycles. The number of carbonyl (C=O) groups is 1. The lowest BCUT2D eigenvalue weighted by Crippen LogP contribution is -2.20. The number of nitrogens with zero attached hydrogens (tertiary/aromatic N) is 2. The molecule has 1 atom stereocenters. The summed E-state index contributed by atoms with van der Waals surface area (Å²) in [4.78, 5) is 10.6. The van der Waals surface area contributed by atoms with E-state index in [0.29, 0.717) is 0 Å². The van der Waals surface area contributed by atoms with Gasteiger partial charge >= 0.3 is 12.1 Å². The van der Waals surface area contributed by atoms with E-state index >= 15 is 0 Å². The summed E-state index contributed by atoms with van der Waals surface area (Å²) in [5, 5.41) is 15.6. The highest BCUT2D eigenvalue weighted by molar-refractivity contribution is 5.73. The number of hydrogen-bond acceptors (Lipinski definition) is 5. The molecule has 1 unspecified atom stereocenters. The average molecular weight is 287 g/mol. The third-order valence-electron chi connectivity index (χ3n) is 2.43. The Kier molecular flexibility index (Phi) is 3.45. The quantitative estimate of drug-likeness (QED) is 0.893. The summed E-state index contributed by atoms with van der Waals surface area (Å²) in [7, 11) is 0. The number of alkyl halides is 3. The normalized spacial score (nSPS) is 13.2. The Bertz CT molecular complexity index is 622. The van der Waals surface area contributed by atoms with Crippen LogP contribution in [0.25, 0.3) is 11.5 Å². The third kappa shape index (κ3) is 2.77. The van der Waals surface area contributed by atoms with E-state index in [1.807, 2.05) is 0 Å². The molecular formula is C11H8F3N3O3. The second kappa shape index (κ2) is 4.93. The van der Waals surface area contributed by atoms with Gasteiger partial charge < -0.3 is 15.3 Å². The van der Waals surface area contributed by atoms with E-state index in [4.69, 9.17) is 15.3 Å². The first-order chi connectivity index (χ1) is 9.29. The van der Waals surface area contributed by atoms with Crippen molar-refractivity contribution in [2.24, 2.45) is 5.73 Å². The summed E-state index contributed by atoms with van der Waals surface area (Å²) < 4.78 is 42.2. The van der Waals surface area contributed by atoms with Crippen LogP contribution in [0.5, 0.6) is 0 Å². The maximum absolute atomic E-state index is 12.4. The van der Waals surface area contributed by atoms with E-state index in [9.17, 15) is 18.0 Å². The minimum atomic E-state index is -4.44. The molecular weight excluding hydrogens is 279 g/mol. The van der Waals surface area contributed by atoms with Gasteiger partial charge in [-0.3, -0.25) is 0 Å². The molecule has 0 aliphatic carbocycles. The maximum Gasteiger partial charge on any atom is 0.416 e. The second-order valence-electron chi connectivity index (χ2n) is 3.84. The van der Waals surface area contributed by atoms with Crippen LogP contribution in [0.1, 0.15) is 17.5 Å². The number of aliphatic carboxylic acids is 1. The molecule has 0 fully saturated rings. The molecule has 2 aromatic rings. The summed E-state index contributed by atoms with van der Waals surface area (Å²) in [6.07, 6.45) is -4.44. The van der Waals surface area contributed by atoms with Crippen LogP contribution in [0.3, 0.4) is 0 Å². The Labute approximate surface area is 110 Å². The molecule has 6 nitrogen and oxygen atoms in total. The van der Waals surface area contributed by atoms with Crippen LogP contribution in [0.4, 0.5) is 13.2 Å². The molecule has 20 heavy (non-hydrogen) atoms. The molecule has 0 bridgehead atoms. The largest absolute Gasteiger partial charge is 0.480 e. The second-order valence-corrected chi connectivity index (χ2v) is 3.84. The monoisotopic (exact) mass is 287 g/mol. The van der Waals surface area contributed by atoms with Crippen LogP contribution >= 0.6 is 0 Å². The fourth-order valence-corrected chi connectivity index (χ4v) is 1.38. The summed E-state index contributed by atoms with van der Waals surface area (Å²) in [6, 6.07) is 2.52. The highest BCUT2D eigenvalue weighted by Crippen LogP contribution is 2.30. The zero-order chi connectivity index (χ0) is 14.9. The van der Waals surface area contributed by atoms with Gasteiger partial charge in [-0.05, 0) is 24.3 Å². The van der Waals surface area contributed by atoms with Gasteiger partial charge in [-0.1, -0.05) is 0 Å². The Morgan fingerprint density at radius 3 is 2.35 bits per heavy atom. The lowest BCUT2D eigenvalue weighted by Gasteiger charge is -2.05. The highest BCUT2D eigenvalue weighted by Gasteiger charge is 2.30. The average Bonchev–Trinajstić information content (AvgIpc) is 2.86. The number of carboxylic acids is 1. The van der Waals surface area contributed by atoms with Gasteiger partial charge in [0.15, 0.2) is 6.04 Å². The Balaban J connectivity index is 2.27. The van der Waals surface area contributed by atoms with Gasteiger partial charge in [0.05, 0.1) is 5.56 Å². The van der Waals surface area contributed by atoms with Crippen molar-refractivity contribution in [2.45, 2.75) is 12.2 Å². The van der Waals surface area contributed by atoms with Gasteiger partial charge in [-0.2, -0.15) is 13.2 Å². The van der Waals surface area contributed by atoms with Gasteiger partial charge in [0, 0.05) is 5.56 Å². The van der Waals surface area contributed by atoms with Gasteiger partial charge in [-0.15, -0.1) is 10.2 Å². The Morgan fingerprint density at radius 2 is 1.85 bits per heavy atom.